The topological polar surface area (TPSA) is 97.0 Å². The molecule has 0 fully saturated rings. The summed E-state index contributed by atoms with van der Waals surface area (Å²) in [6.07, 6.45) is 1.75. The van der Waals surface area contributed by atoms with Crippen LogP contribution in [-0.2, 0) is 4.74 Å². The van der Waals surface area contributed by atoms with Crippen LogP contribution in [-0.4, -0.2) is 39.5 Å². The van der Waals surface area contributed by atoms with E-state index in [0.29, 0.717) is 28.9 Å². The van der Waals surface area contributed by atoms with E-state index in [1.54, 1.807) is 23.0 Å². The van der Waals surface area contributed by atoms with E-state index in [0.717, 1.165) is 45.0 Å². The van der Waals surface area contributed by atoms with Crippen LogP contribution in [0.3, 0.4) is 0 Å². The Hall–Kier alpha value is -5.57. The average molecular weight is 568 g/mol. The molecule has 0 spiro atoms. The van der Waals surface area contributed by atoms with Crippen LogP contribution in [0.4, 0.5) is 22.9 Å². The van der Waals surface area contributed by atoms with E-state index in [1.807, 2.05) is 55.5 Å². The Kier molecular flexibility index (Phi) is 6.35. The molecule has 1 N–H and O–H groups in total. The molecule has 0 unspecified atom stereocenters. The molecule has 0 saturated heterocycles. The summed E-state index contributed by atoms with van der Waals surface area (Å²) >= 11 is 0. The van der Waals surface area contributed by atoms with Gasteiger partial charge in [-0.2, -0.15) is 9.78 Å². The minimum absolute atomic E-state index is 0.320. The van der Waals surface area contributed by atoms with Gasteiger partial charge in [0.2, 0.25) is 0 Å². The third-order valence-electron chi connectivity index (χ3n) is 7.64. The molecule has 3 aromatic carbocycles. The van der Waals surface area contributed by atoms with Gasteiger partial charge >= 0.3 is 5.97 Å². The second-order valence-electron chi connectivity index (χ2n) is 10.7. The van der Waals surface area contributed by atoms with Gasteiger partial charge in [0.15, 0.2) is 23.3 Å². The Labute approximate surface area is 249 Å². The number of aromatic nitrogens is 3. The second kappa shape index (κ2) is 10.4. The van der Waals surface area contributed by atoms with Crippen molar-refractivity contribution in [3.05, 3.63) is 125 Å². The lowest BCUT2D eigenvalue weighted by molar-refractivity contribution is 0.0600. The van der Waals surface area contributed by atoms with Gasteiger partial charge in [-0.25, -0.2) is 19.8 Å². The lowest BCUT2D eigenvalue weighted by atomic mass is 9.92. The summed E-state index contributed by atoms with van der Waals surface area (Å²) in [6, 6.07) is 27.3. The van der Waals surface area contributed by atoms with E-state index in [1.165, 1.54) is 7.11 Å². The average Bonchev–Trinajstić information content (AvgIpc) is 3.35. The number of pyridine rings is 1. The molecule has 5 aromatic rings. The van der Waals surface area contributed by atoms with Crippen LogP contribution >= 0.6 is 0 Å². The number of methoxy groups -OCH3 is 1. The number of nitrogens with zero attached hydrogens (tertiary/aromatic N) is 6. The van der Waals surface area contributed by atoms with Gasteiger partial charge in [-0.3, -0.25) is 0 Å². The van der Waals surface area contributed by atoms with Crippen LogP contribution in [0.1, 0.15) is 44.3 Å². The summed E-state index contributed by atoms with van der Waals surface area (Å²) in [5.74, 6) is 2.24. The van der Waals surface area contributed by atoms with Crippen molar-refractivity contribution in [2.45, 2.75) is 26.8 Å². The SMILES string of the molecule is COC(=O)c1ccc([C@@H]2c3c(C)nn(-c4ccccn4)c3N=C3C(Nc4cc(C)cc(C)c4)=Nc4ccccc4N32)cc1. The zero-order chi connectivity index (χ0) is 29.7. The highest BCUT2D eigenvalue weighted by molar-refractivity contribution is 6.51. The summed E-state index contributed by atoms with van der Waals surface area (Å²) < 4.78 is 6.75. The number of para-hydroxylation sites is 2. The Bertz CT molecular complexity index is 1920. The van der Waals surface area contributed by atoms with Gasteiger partial charge in [-0.1, -0.05) is 36.4 Å². The third-order valence-corrected chi connectivity index (χ3v) is 7.64. The first-order valence-corrected chi connectivity index (χ1v) is 14.0. The number of amidine groups is 2. The highest BCUT2D eigenvalue weighted by Gasteiger charge is 2.41. The normalized spacial score (nSPS) is 15.1. The Morgan fingerprint density at radius 1 is 0.884 bits per heavy atom. The summed E-state index contributed by atoms with van der Waals surface area (Å²) in [6.45, 7) is 6.15. The van der Waals surface area contributed by atoms with E-state index < -0.39 is 0 Å². The molecule has 2 aliphatic rings. The van der Waals surface area contributed by atoms with Crippen molar-refractivity contribution < 1.29 is 9.53 Å². The molecule has 2 aromatic heterocycles. The van der Waals surface area contributed by atoms with Crippen molar-refractivity contribution in [1.82, 2.24) is 14.8 Å². The van der Waals surface area contributed by atoms with Crippen molar-refractivity contribution in [3.8, 4) is 5.82 Å². The second-order valence-corrected chi connectivity index (χ2v) is 10.7. The maximum Gasteiger partial charge on any atom is 0.337 e. The molecule has 1 atom stereocenters. The Morgan fingerprint density at radius 3 is 2.35 bits per heavy atom. The molecule has 212 valence electrons. The van der Waals surface area contributed by atoms with Gasteiger partial charge in [0.05, 0.1) is 35.8 Å². The number of benzene rings is 3. The zero-order valence-corrected chi connectivity index (χ0v) is 24.2. The number of fused-ring (bicyclic) bond motifs is 4. The van der Waals surface area contributed by atoms with Crippen molar-refractivity contribution in [3.63, 3.8) is 0 Å². The van der Waals surface area contributed by atoms with Crippen molar-refractivity contribution in [2.24, 2.45) is 9.98 Å². The molecule has 2 aliphatic heterocycles. The molecule has 0 amide bonds. The lowest BCUT2D eigenvalue weighted by Gasteiger charge is -2.40. The van der Waals surface area contributed by atoms with E-state index in [-0.39, 0.29) is 12.0 Å². The largest absolute Gasteiger partial charge is 0.465 e. The number of rotatable bonds is 4. The highest BCUT2D eigenvalue weighted by Crippen LogP contribution is 2.48. The molecule has 0 bridgehead atoms. The lowest BCUT2D eigenvalue weighted by Crippen LogP contribution is -2.46. The summed E-state index contributed by atoms with van der Waals surface area (Å²) in [7, 11) is 1.38. The maximum absolute atomic E-state index is 12.3. The number of hydrogen-bond acceptors (Lipinski definition) is 8. The molecule has 7 rings (SSSR count). The van der Waals surface area contributed by atoms with Gasteiger partial charge in [-0.05, 0) is 86.0 Å². The van der Waals surface area contributed by atoms with Crippen LogP contribution in [0.2, 0.25) is 0 Å². The number of esters is 1. The number of ether oxygens (including phenoxy) is 1. The summed E-state index contributed by atoms with van der Waals surface area (Å²) in [5.41, 5.74) is 8.19. The molecule has 43 heavy (non-hydrogen) atoms. The molecule has 0 aliphatic carbocycles. The monoisotopic (exact) mass is 567 g/mol. The van der Waals surface area contributed by atoms with E-state index in [9.17, 15) is 4.79 Å². The maximum atomic E-state index is 12.3. The first kappa shape index (κ1) is 26.3. The standard InChI is InChI=1S/C34H29N7O2/c1-20-17-21(2)19-25(18-20)36-31-33-38-32-29(22(3)39-41(32)28-11-7-8-16-35-28)30(23-12-14-24(15-13-23)34(42)43-4)40(33)27-10-6-5-9-26(27)37-31/h5-19,30H,1-4H3,(H,36,37)/t30-/m1/s1. The molecular formula is C34H29N7O2. The van der Waals surface area contributed by atoms with Gasteiger partial charge in [0.1, 0.15) is 0 Å². The minimum atomic E-state index is -0.382. The van der Waals surface area contributed by atoms with Crippen molar-refractivity contribution >= 4 is 40.5 Å². The fourth-order valence-corrected chi connectivity index (χ4v) is 5.85. The fraction of sp³-hybridized carbons (Fsp3) is 0.147. The smallest absolute Gasteiger partial charge is 0.337 e. The van der Waals surface area contributed by atoms with E-state index >= 15 is 0 Å². The predicted octanol–water partition coefficient (Wildman–Crippen LogP) is 6.77. The van der Waals surface area contributed by atoms with Crippen LogP contribution in [0, 0.1) is 20.8 Å². The number of aliphatic imine (C=N–C) groups is 2. The number of carbonyl (C=O) groups is 1. The van der Waals surface area contributed by atoms with Gasteiger partial charge in [0.25, 0.3) is 0 Å². The van der Waals surface area contributed by atoms with E-state index in [4.69, 9.17) is 19.8 Å². The molecule has 4 heterocycles. The van der Waals surface area contributed by atoms with Crippen LogP contribution < -0.4 is 10.2 Å². The van der Waals surface area contributed by atoms with Crippen LogP contribution in [0.5, 0.6) is 0 Å². The Morgan fingerprint density at radius 2 is 1.63 bits per heavy atom. The predicted molar refractivity (Wildman–Crippen MR) is 168 cm³/mol. The fourth-order valence-electron chi connectivity index (χ4n) is 5.85. The number of nitrogens with one attached hydrogen (secondary N) is 1. The number of aryl methyl sites for hydroxylation is 3. The van der Waals surface area contributed by atoms with Gasteiger partial charge < -0.3 is 15.0 Å². The van der Waals surface area contributed by atoms with Gasteiger partial charge in [-0.15, -0.1) is 0 Å². The first-order chi connectivity index (χ1) is 20.9. The molecule has 0 saturated carbocycles. The molecule has 9 heteroatoms. The summed E-state index contributed by atoms with van der Waals surface area (Å²) in [5, 5.41) is 8.50. The summed E-state index contributed by atoms with van der Waals surface area (Å²) in [4.78, 5) is 29.4. The van der Waals surface area contributed by atoms with E-state index in [2.05, 4.69) is 53.3 Å². The van der Waals surface area contributed by atoms with Crippen LogP contribution in [0.15, 0.2) is 101 Å². The minimum Gasteiger partial charge on any atom is -0.465 e. The number of anilines is 2. The van der Waals surface area contributed by atoms with Gasteiger partial charge in [0, 0.05) is 17.4 Å². The molecular weight excluding hydrogens is 538 g/mol. The number of carbonyl (C=O) groups excluding carboxylic acids is 1. The van der Waals surface area contributed by atoms with Crippen molar-refractivity contribution in [1.29, 1.82) is 0 Å². The number of hydrogen-bond donors (Lipinski definition) is 1. The third kappa shape index (κ3) is 4.55. The Balaban J connectivity index is 1.47. The first-order valence-electron chi connectivity index (χ1n) is 14.0. The zero-order valence-electron chi connectivity index (χ0n) is 24.2. The van der Waals surface area contributed by atoms with Crippen LogP contribution in [0.25, 0.3) is 5.82 Å². The van der Waals surface area contributed by atoms with Crippen molar-refractivity contribution in [2.75, 3.05) is 17.3 Å². The molecule has 9 nitrogen and oxygen atoms in total. The highest BCUT2D eigenvalue weighted by atomic mass is 16.5. The molecule has 0 radical (unpaired) electrons. The quantitative estimate of drug-likeness (QED) is 0.241.